The summed E-state index contributed by atoms with van der Waals surface area (Å²) in [4.78, 5) is 0. The lowest BCUT2D eigenvalue weighted by Crippen LogP contribution is -2.21. The van der Waals surface area contributed by atoms with Gasteiger partial charge in [-0.2, -0.15) is 0 Å². The van der Waals surface area contributed by atoms with Crippen LogP contribution in [0.1, 0.15) is 33.1 Å². The quantitative estimate of drug-likeness (QED) is 0.574. The third-order valence-corrected chi connectivity index (χ3v) is 2.67. The Hall–Kier alpha value is -0.300. The van der Waals surface area contributed by atoms with Crippen LogP contribution in [0.3, 0.4) is 0 Å². The molecule has 2 atom stereocenters. The summed E-state index contributed by atoms with van der Waals surface area (Å²) >= 11 is 0. The lowest BCUT2D eigenvalue weighted by atomic mass is 9.78. The van der Waals surface area contributed by atoms with Crippen molar-refractivity contribution in [3.8, 4) is 0 Å². The molecule has 11 heavy (non-hydrogen) atoms. The van der Waals surface area contributed by atoms with Crippen LogP contribution in [0, 0.1) is 17.9 Å². The Labute approximate surface area is 69.1 Å². The van der Waals surface area contributed by atoms with Gasteiger partial charge in [0.05, 0.1) is 6.10 Å². The van der Waals surface area contributed by atoms with Crippen LogP contribution in [-0.2, 0) is 0 Å². The first-order valence-corrected chi connectivity index (χ1v) is 4.31. The molecule has 0 aromatic carbocycles. The van der Waals surface area contributed by atoms with Crippen molar-refractivity contribution in [2.24, 2.45) is 11.8 Å². The fourth-order valence-corrected chi connectivity index (χ4v) is 1.59. The predicted molar refractivity (Wildman–Crippen MR) is 46.5 cm³/mol. The van der Waals surface area contributed by atoms with E-state index in [1.807, 2.05) is 6.92 Å². The molecule has 1 rings (SSSR count). The van der Waals surface area contributed by atoms with E-state index in [0.717, 1.165) is 12.8 Å². The number of allylic oxidation sites excluding steroid dienone is 1. The minimum absolute atomic E-state index is 0.408. The Morgan fingerprint density at radius 1 is 1.55 bits per heavy atom. The van der Waals surface area contributed by atoms with Crippen molar-refractivity contribution < 1.29 is 5.11 Å². The second-order valence-corrected chi connectivity index (χ2v) is 3.72. The molecule has 1 fully saturated rings. The second kappa shape index (κ2) is 3.40. The maximum atomic E-state index is 9.47. The zero-order valence-corrected chi connectivity index (χ0v) is 7.43. The van der Waals surface area contributed by atoms with Gasteiger partial charge in [-0.3, -0.25) is 0 Å². The van der Waals surface area contributed by atoms with Gasteiger partial charge in [0, 0.05) is 0 Å². The van der Waals surface area contributed by atoms with Crippen LogP contribution in [0.15, 0.2) is 12.2 Å². The van der Waals surface area contributed by atoms with Crippen molar-refractivity contribution in [3.63, 3.8) is 0 Å². The fraction of sp³-hybridized carbons (Fsp3) is 0.700. The van der Waals surface area contributed by atoms with E-state index in [4.69, 9.17) is 0 Å². The van der Waals surface area contributed by atoms with Crippen molar-refractivity contribution in [1.29, 1.82) is 0 Å². The Morgan fingerprint density at radius 3 is 2.64 bits per heavy atom. The van der Waals surface area contributed by atoms with Crippen LogP contribution in [0.5, 0.6) is 0 Å². The van der Waals surface area contributed by atoms with Crippen molar-refractivity contribution in [3.05, 3.63) is 18.3 Å². The van der Waals surface area contributed by atoms with Gasteiger partial charge in [0.1, 0.15) is 0 Å². The van der Waals surface area contributed by atoms with Gasteiger partial charge in [-0.1, -0.05) is 19.1 Å². The molecular weight excluding hydrogens is 136 g/mol. The lowest BCUT2D eigenvalue weighted by Gasteiger charge is -2.30. The first kappa shape index (κ1) is 8.79. The zero-order chi connectivity index (χ0) is 8.43. The molecular formula is C10H17O. The lowest BCUT2D eigenvalue weighted by molar-refractivity contribution is 0.163. The van der Waals surface area contributed by atoms with Crippen LogP contribution in [-0.4, -0.2) is 5.11 Å². The molecule has 0 bridgehead atoms. The summed E-state index contributed by atoms with van der Waals surface area (Å²) in [6.07, 6.45) is 3.82. The van der Waals surface area contributed by atoms with E-state index in [2.05, 4.69) is 13.5 Å². The van der Waals surface area contributed by atoms with Crippen LogP contribution < -0.4 is 0 Å². The molecule has 1 N–H and O–H groups in total. The van der Waals surface area contributed by atoms with Gasteiger partial charge in [-0.05, 0) is 38.0 Å². The van der Waals surface area contributed by atoms with Gasteiger partial charge >= 0.3 is 0 Å². The molecule has 1 radical (unpaired) electrons. The summed E-state index contributed by atoms with van der Waals surface area (Å²) in [5.41, 5.74) is 1.21. The summed E-state index contributed by atoms with van der Waals surface area (Å²) in [6.45, 7) is 8.05. The van der Waals surface area contributed by atoms with Crippen LogP contribution >= 0.6 is 0 Å². The summed E-state index contributed by atoms with van der Waals surface area (Å²) in [7, 11) is 0. The molecule has 0 aliphatic heterocycles. The summed E-state index contributed by atoms with van der Waals surface area (Å²) in [5, 5.41) is 9.47. The summed E-state index contributed by atoms with van der Waals surface area (Å²) in [5.74, 6) is 0.941. The topological polar surface area (TPSA) is 20.2 Å². The molecule has 1 saturated carbocycles. The molecule has 0 saturated heterocycles. The van der Waals surface area contributed by atoms with Gasteiger partial charge in [0.15, 0.2) is 0 Å². The monoisotopic (exact) mass is 153 g/mol. The molecule has 1 nitrogen and oxygen atoms in total. The van der Waals surface area contributed by atoms with Gasteiger partial charge in [0.25, 0.3) is 0 Å². The average Bonchev–Trinajstić information content (AvgIpc) is 1.94. The van der Waals surface area contributed by atoms with Gasteiger partial charge in [0.2, 0.25) is 0 Å². The molecule has 0 aromatic rings. The number of hydrogen-bond acceptors (Lipinski definition) is 1. The highest BCUT2D eigenvalue weighted by atomic mass is 16.3. The third-order valence-electron chi connectivity index (χ3n) is 2.67. The molecule has 2 unspecified atom stereocenters. The maximum absolute atomic E-state index is 9.47. The van der Waals surface area contributed by atoms with E-state index in [0.29, 0.717) is 17.9 Å². The standard InChI is InChI=1S/C10H17O/c1-7(2)9-5-4-8(3)10(11)6-9/h8-9,11H,1,4-6H2,2-3H3. The van der Waals surface area contributed by atoms with Crippen LogP contribution in [0.4, 0.5) is 0 Å². The van der Waals surface area contributed by atoms with Gasteiger partial charge in [-0.25, -0.2) is 0 Å². The van der Waals surface area contributed by atoms with Crippen molar-refractivity contribution >= 4 is 0 Å². The Balaban J connectivity index is 2.46. The second-order valence-electron chi connectivity index (χ2n) is 3.72. The van der Waals surface area contributed by atoms with Crippen molar-refractivity contribution in [2.75, 3.05) is 0 Å². The highest BCUT2D eigenvalue weighted by molar-refractivity contribution is 5.03. The highest BCUT2D eigenvalue weighted by Crippen LogP contribution is 2.36. The van der Waals surface area contributed by atoms with Gasteiger partial charge < -0.3 is 5.11 Å². The average molecular weight is 153 g/mol. The minimum Gasteiger partial charge on any atom is -0.387 e. The van der Waals surface area contributed by atoms with E-state index >= 15 is 0 Å². The number of rotatable bonds is 1. The van der Waals surface area contributed by atoms with Gasteiger partial charge in [-0.15, -0.1) is 0 Å². The Kier molecular flexibility index (Phi) is 2.72. The Bertz CT molecular complexity index is 151. The van der Waals surface area contributed by atoms with Crippen molar-refractivity contribution in [2.45, 2.75) is 33.1 Å². The normalized spacial score (nSPS) is 33.7. The maximum Gasteiger partial charge on any atom is 0.0967 e. The molecule has 1 aliphatic rings. The molecule has 0 heterocycles. The van der Waals surface area contributed by atoms with E-state index in [1.165, 1.54) is 12.0 Å². The number of hydrogen-bond donors (Lipinski definition) is 1. The first-order valence-electron chi connectivity index (χ1n) is 4.31. The molecule has 0 spiro atoms. The number of aliphatic hydroxyl groups excluding tert-OH is 1. The van der Waals surface area contributed by atoms with E-state index in [1.54, 1.807) is 0 Å². The number of aliphatic hydroxyl groups is 1. The third kappa shape index (κ3) is 2.06. The zero-order valence-electron chi connectivity index (χ0n) is 7.43. The van der Waals surface area contributed by atoms with E-state index < -0.39 is 0 Å². The summed E-state index contributed by atoms with van der Waals surface area (Å²) < 4.78 is 0. The van der Waals surface area contributed by atoms with Crippen LogP contribution in [0.2, 0.25) is 0 Å². The fourth-order valence-electron chi connectivity index (χ4n) is 1.59. The van der Waals surface area contributed by atoms with Crippen molar-refractivity contribution in [1.82, 2.24) is 0 Å². The highest BCUT2D eigenvalue weighted by Gasteiger charge is 2.26. The minimum atomic E-state index is 0.408. The molecule has 0 amide bonds. The first-order chi connectivity index (χ1) is 5.11. The molecule has 0 aromatic heterocycles. The van der Waals surface area contributed by atoms with Crippen LogP contribution in [0.25, 0.3) is 0 Å². The van der Waals surface area contributed by atoms with E-state index in [9.17, 15) is 5.11 Å². The molecule has 63 valence electrons. The predicted octanol–water partition coefficient (Wildman–Crippen LogP) is 2.90. The largest absolute Gasteiger partial charge is 0.387 e. The Morgan fingerprint density at radius 2 is 2.18 bits per heavy atom. The van der Waals surface area contributed by atoms with E-state index in [-0.39, 0.29) is 0 Å². The molecule has 1 aliphatic carbocycles. The SMILES string of the molecule is C=C(C)C1CCC(C)[C](O)C1. The summed E-state index contributed by atoms with van der Waals surface area (Å²) in [6, 6.07) is 0. The smallest absolute Gasteiger partial charge is 0.0967 e. The molecule has 1 heteroatoms.